The molecule has 9 heteroatoms. The molecule has 5 rings (SSSR count). The van der Waals surface area contributed by atoms with Crippen LogP contribution in [0.4, 0.5) is 9.80 Å². The molecule has 1 fully saturated rings. The summed E-state index contributed by atoms with van der Waals surface area (Å²) in [6.45, 7) is 9.41. The lowest BCUT2D eigenvalue weighted by Crippen LogP contribution is -2.48. The Morgan fingerprint density at radius 3 is 2.64 bits per heavy atom. The molecule has 0 aliphatic carbocycles. The van der Waals surface area contributed by atoms with Gasteiger partial charge in [-0.25, -0.2) is 0 Å². The van der Waals surface area contributed by atoms with E-state index in [0.29, 0.717) is 30.0 Å². The second-order valence-electron chi connectivity index (χ2n) is 11.4. The van der Waals surface area contributed by atoms with Crippen LogP contribution in [0.25, 0.3) is 0 Å². The number of hydrogen-bond donors (Lipinski definition) is 1. The van der Waals surface area contributed by atoms with Crippen molar-refractivity contribution in [2.45, 2.75) is 62.7 Å². The van der Waals surface area contributed by atoms with Crippen LogP contribution in [0.5, 0.6) is 5.75 Å². The number of rotatable bonds is 7. The molecule has 3 aliphatic heterocycles. The van der Waals surface area contributed by atoms with Gasteiger partial charge in [0.2, 0.25) is 14.3 Å². The number of fused-ring (bicyclic) bond motifs is 3. The summed E-state index contributed by atoms with van der Waals surface area (Å²) in [5, 5.41) is 10.1. The molecule has 5 atom stereocenters. The lowest BCUT2D eigenvalue weighted by molar-refractivity contribution is -0.150. The summed E-state index contributed by atoms with van der Waals surface area (Å²) in [6, 6.07) is 12.9. The van der Waals surface area contributed by atoms with Gasteiger partial charge in [-0.05, 0) is 48.8 Å². The molecule has 1 saturated heterocycles. The lowest BCUT2D eigenvalue weighted by atomic mass is 9.82. The average molecular weight is 553 g/mol. The third-order valence-electron chi connectivity index (χ3n) is 8.74. The van der Waals surface area contributed by atoms with Crippen molar-refractivity contribution < 1.29 is 28.3 Å². The zero-order valence-corrected chi connectivity index (χ0v) is 24.0. The molecule has 1 spiro atoms. The normalized spacial score (nSPS) is 28.0. The van der Waals surface area contributed by atoms with Crippen molar-refractivity contribution in [3.8, 4) is 5.75 Å². The van der Waals surface area contributed by atoms with Gasteiger partial charge in [-0.1, -0.05) is 37.3 Å². The van der Waals surface area contributed by atoms with Gasteiger partial charge in [0, 0.05) is 30.1 Å². The molecule has 0 saturated carbocycles. The van der Waals surface area contributed by atoms with Gasteiger partial charge in [-0.2, -0.15) is 0 Å². The van der Waals surface area contributed by atoms with Gasteiger partial charge in [0.1, 0.15) is 5.75 Å². The van der Waals surface area contributed by atoms with E-state index in [9.17, 15) is 14.7 Å². The highest BCUT2D eigenvalue weighted by Gasteiger charge is 2.67. The number of carbonyl (C=O) groups is 2. The van der Waals surface area contributed by atoms with Gasteiger partial charge < -0.3 is 28.5 Å². The third-order valence-corrected chi connectivity index (χ3v) is 11.2. The number of aliphatic hydroxyl groups excluding tert-OH is 1. The van der Waals surface area contributed by atoms with Crippen LogP contribution in [0.3, 0.4) is 0 Å². The maximum Gasteiger partial charge on any atom is 0.264 e. The van der Waals surface area contributed by atoms with Crippen LogP contribution in [0.1, 0.15) is 30.0 Å². The molecule has 2 aromatic rings. The van der Waals surface area contributed by atoms with Crippen LogP contribution >= 0.6 is 0 Å². The SMILES string of the molecule is C=CCN1C(=O)[C@@]2(O[C@@H](CC(=O)N3Cc4ccccc4C[C@H]3CO)[C@H]([Si](C)(C)F)[C@H]2C)c2cc(OC)ccc21. The number of benzene rings is 2. The van der Waals surface area contributed by atoms with Crippen molar-refractivity contribution in [2.75, 3.05) is 25.2 Å². The Morgan fingerprint density at radius 2 is 2.00 bits per heavy atom. The fraction of sp³-hybridized carbons (Fsp3) is 0.467. The van der Waals surface area contributed by atoms with Crippen LogP contribution in [0.15, 0.2) is 55.1 Å². The van der Waals surface area contributed by atoms with Crippen LogP contribution in [0, 0.1) is 5.92 Å². The largest absolute Gasteiger partial charge is 0.497 e. The minimum Gasteiger partial charge on any atom is -0.497 e. The maximum atomic E-state index is 16.1. The monoisotopic (exact) mass is 552 g/mol. The number of anilines is 1. The average Bonchev–Trinajstić information content (AvgIpc) is 3.34. The van der Waals surface area contributed by atoms with Crippen molar-refractivity contribution in [3.63, 3.8) is 0 Å². The molecule has 2 amide bonds. The molecule has 208 valence electrons. The predicted molar refractivity (Wildman–Crippen MR) is 150 cm³/mol. The highest BCUT2D eigenvalue weighted by Crippen LogP contribution is 2.60. The van der Waals surface area contributed by atoms with Gasteiger partial charge in [0.05, 0.1) is 38.0 Å². The summed E-state index contributed by atoms with van der Waals surface area (Å²) >= 11 is 0. The Kier molecular flexibility index (Phi) is 7.20. The van der Waals surface area contributed by atoms with Crippen molar-refractivity contribution >= 4 is 25.9 Å². The van der Waals surface area contributed by atoms with Crippen LogP contribution in [-0.2, 0) is 32.9 Å². The lowest BCUT2D eigenvalue weighted by Gasteiger charge is -2.37. The van der Waals surface area contributed by atoms with Crippen LogP contribution in [0.2, 0.25) is 18.6 Å². The van der Waals surface area contributed by atoms with Crippen LogP contribution < -0.4 is 9.64 Å². The van der Waals surface area contributed by atoms with E-state index < -0.39 is 31.6 Å². The number of methoxy groups -OCH3 is 1. The van der Waals surface area contributed by atoms with Gasteiger partial charge in [-0.15, -0.1) is 6.58 Å². The Bertz CT molecular complexity index is 1300. The maximum absolute atomic E-state index is 16.1. The van der Waals surface area contributed by atoms with E-state index in [4.69, 9.17) is 9.47 Å². The third kappa shape index (κ3) is 4.40. The first-order valence-corrected chi connectivity index (χ1v) is 16.5. The molecule has 3 heterocycles. The van der Waals surface area contributed by atoms with E-state index in [1.165, 1.54) is 0 Å². The number of hydrogen-bond acceptors (Lipinski definition) is 5. The van der Waals surface area contributed by atoms with E-state index in [1.807, 2.05) is 37.3 Å². The Labute approximate surface area is 230 Å². The highest BCUT2D eigenvalue weighted by molar-refractivity contribution is 6.72. The van der Waals surface area contributed by atoms with Crippen LogP contribution in [-0.4, -0.2) is 62.6 Å². The Morgan fingerprint density at radius 1 is 1.28 bits per heavy atom. The van der Waals surface area contributed by atoms with E-state index in [-0.39, 0.29) is 37.4 Å². The zero-order chi connectivity index (χ0) is 28.1. The van der Waals surface area contributed by atoms with Gasteiger partial charge in [-0.3, -0.25) is 9.59 Å². The number of ether oxygens (including phenoxy) is 2. The van der Waals surface area contributed by atoms with Gasteiger partial charge in [0.15, 0.2) is 5.60 Å². The number of carbonyl (C=O) groups excluding carboxylic acids is 2. The smallest absolute Gasteiger partial charge is 0.264 e. The summed E-state index contributed by atoms with van der Waals surface area (Å²) < 4.78 is 28.2. The standard InChI is InChI=1S/C30H37FN2O5Si/c1-6-13-32-25-12-11-23(37-3)15-24(25)30(29(32)36)19(2)28(39(4,5)31)26(38-30)16-27(35)33-17-21-10-8-7-9-20(21)14-22(33)18-34/h6-12,15,19,22,26,28,34H,1,13-14,16-18H2,2-5H3/t19-,22+,26+,28-,30+/m1/s1. The fourth-order valence-corrected chi connectivity index (χ4v) is 9.49. The minimum absolute atomic E-state index is 0.0657. The topological polar surface area (TPSA) is 79.3 Å². The molecule has 0 aromatic heterocycles. The molecular weight excluding hydrogens is 515 g/mol. The quantitative estimate of drug-likeness (QED) is 0.314. The molecule has 7 nitrogen and oxygen atoms in total. The second kappa shape index (κ2) is 10.2. The van der Waals surface area contributed by atoms with Crippen molar-refractivity contribution in [3.05, 3.63) is 71.8 Å². The van der Waals surface area contributed by atoms with E-state index in [1.54, 1.807) is 48.2 Å². The summed E-state index contributed by atoms with van der Waals surface area (Å²) in [5.74, 6) is -0.412. The van der Waals surface area contributed by atoms with Gasteiger partial charge in [0.25, 0.3) is 5.91 Å². The molecule has 3 aliphatic rings. The first-order valence-electron chi connectivity index (χ1n) is 13.5. The molecule has 0 unspecified atom stereocenters. The number of halogens is 1. The number of aliphatic hydroxyl groups is 1. The summed E-state index contributed by atoms with van der Waals surface area (Å²) in [7, 11) is -1.87. The van der Waals surface area contributed by atoms with Crippen molar-refractivity contribution in [1.82, 2.24) is 4.90 Å². The summed E-state index contributed by atoms with van der Waals surface area (Å²) in [6.07, 6.45) is 1.35. The van der Waals surface area contributed by atoms with E-state index in [0.717, 1.165) is 11.1 Å². The Hall–Kier alpha value is -3.01. The van der Waals surface area contributed by atoms with Crippen molar-refractivity contribution in [2.24, 2.45) is 5.92 Å². The second-order valence-corrected chi connectivity index (χ2v) is 15.2. The number of nitrogens with zero attached hydrogens (tertiary/aromatic N) is 2. The molecule has 1 N–H and O–H groups in total. The summed E-state index contributed by atoms with van der Waals surface area (Å²) in [4.78, 5) is 31.2. The Balaban J connectivity index is 1.52. The predicted octanol–water partition coefficient (Wildman–Crippen LogP) is 4.34. The molecular formula is C30H37FN2O5Si. The minimum atomic E-state index is -3.42. The molecule has 0 radical (unpaired) electrons. The first-order chi connectivity index (χ1) is 18.6. The zero-order valence-electron chi connectivity index (χ0n) is 23.0. The molecule has 39 heavy (non-hydrogen) atoms. The summed E-state index contributed by atoms with van der Waals surface area (Å²) in [5.41, 5.74) is 1.45. The molecule has 0 bridgehead atoms. The highest BCUT2D eigenvalue weighted by atomic mass is 28.4. The van der Waals surface area contributed by atoms with Gasteiger partial charge >= 0.3 is 0 Å². The van der Waals surface area contributed by atoms with E-state index >= 15 is 4.11 Å². The fourth-order valence-electron chi connectivity index (χ4n) is 7.00. The van der Waals surface area contributed by atoms with Crippen molar-refractivity contribution in [1.29, 1.82) is 0 Å². The molecule has 2 aromatic carbocycles. The number of amides is 2. The first kappa shape index (κ1) is 27.5. The van der Waals surface area contributed by atoms with E-state index in [2.05, 4.69) is 6.58 Å².